The topological polar surface area (TPSA) is 35.5 Å². The van der Waals surface area contributed by atoms with Gasteiger partial charge in [-0.2, -0.15) is 0 Å². The van der Waals surface area contributed by atoms with Crippen LogP contribution >= 0.6 is 0 Å². The Balaban J connectivity index is 4.58. The first kappa shape index (κ1) is 21.1. The lowest BCUT2D eigenvalue weighted by Gasteiger charge is -2.39. The van der Waals surface area contributed by atoms with E-state index in [0.717, 1.165) is 0 Å². The predicted molar refractivity (Wildman–Crippen MR) is 96.5 cm³/mol. The highest BCUT2D eigenvalue weighted by Crippen LogP contribution is 2.37. The number of hydrogen-bond acceptors (Lipinski definition) is 3. The van der Waals surface area contributed by atoms with Crippen molar-refractivity contribution in [3.8, 4) is 0 Å². The third kappa shape index (κ3) is 7.94. The molecule has 0 bridgehead atoms. The Morgan fingerprint density at radius 3 is 2.27 bits per heavy atom. The third-order valence-corrected chi connectivity index (χ3v) is 8.78. The summed E-state index contributed by atoms with van der Waals surface area (Å²) in [5, 5.41) is 0.176. The highest BCUT2D eigenvalue weighted by atomic mass is 28.4. The van der Waals surface area contributed by atoms with Crippen LogP contribution in [-0.2, 0) is 14.0 Å². The molecule has 0 fully saturated rings. The molecule has 22 heavy (non-hydrogen) atoms. The van der Waals surface area contributed by atoms with Gasteiger partial charge < -0.3 is 9.16 Å². The average molecular weight is 327 g/mol. The Kier molecular flexibility index (Phi) is 8.94. The van der Waals surface area contributed by atoms with Gasteiger partial charge in [-0.15, -0.1) is 13.2 Å². The van der Waals surface area contributed by atoms with Gasteiger partial charge in [-0.25, -0.2) is 0 Å². The van der Waals surface area contributed by atoms with E-state index in [2.05, 4.69) is 53.9 Å². The Bertz CT molecular complexity index is 369. The summed E-state index contributed by atoms with van der Waals surface area (Å²) < 4.78 is 11.9. The maximum absolute atomic E-state index is 11.8. The van der Waals surface area contributed by atoms with Crippen LogP contribution in [-0.4, -0.2) is 26.5 Å². The van der Waals surface area contributed by atoms with E-state index in [1.807, 2.05) is 0 Å². The second-order valence-corrected chi connectivity index (χ2v) is 12.1. The predicted octanol–water partition coefficient (Wildman–Crippen LogP) is 5.24. The molecule has 0 aliphatic rings. The van der Waals surface area contributed by atoms with E-state index < -0.39 is 8.32 Å². The monoisotopic (exact) mass is 326 g/mol. The van der Waals surface area contributed by atoms with E-state index in [0.29, 0.717) is 25.7 Å². The van der Waals surface area contributed by atoms with Crippen LogP contribution in [0.15, 0.2) is 25.3 Å². The van der Waals surface area contributed by atoms with Gasteiger partial charge in [0.05, 0.1) is 0 Å². The van der Waals surface area contributed by atoms with Gasteiger partial charge in [0.1, 0.15) is 6.10 Å². The van der Waals surface area contributed by atoms with Gasteiger partial charge >= 0.3 is 5.97 Å². The zero-order valence-corrected chi connectivity index (χ0v) is 16.3. The molecule has 2 atom stereocenters. The second kappa shape index (κ2) is 9.31. The van der Waals surface area contributed by atoms with E-state index >= 15 is 0 Å². The maximum atomic E-state index is 11.8. The first-order valence-corrected chi connectivity index (χ1v) is 11.0. The summed E-state index contributed by atoms with van der Waals surface area (Å²) in [6, 6.07) is 0. The van der Waals surface area contributed by atoms with Gasteiger partial charge in [0.2, 0.25) is 0 Å². The van der Waals surface area contributed by atoms with Crippen molar-refractivity contribution in [3.63, 3.8) is 0 Å². The number of rotatable bonds is 10. The molecule has 4 heteroatoms. The molecule has 0 spiro atoms. The number of hydrogen-bond donors (Lipinski definition) is 0. The quantitative estimate of drug-likeness (QED) is 0.313. The van der Waals surface area contributed by atoms with Crippen LogP contribution in [0.25, 0.3) is 0 Å². The number of carbonyl (C=O) groups excluding carboxylic acids is 1. The smallest absolute Gasteiger partial charge is 0.306 e. The molecule has 0 aromatic rings. The standard InChI is InChI=1S/C18H34O3Si/c1-9-11-13-17(19)20-16(12-10-2)14-15(3)21-22(7,8)18(4,5)6/h9-10,15-16H,1-2,11-14H2,3-8H3/t15-,16-/m0/s1. The van der Waals surface area contributed by atoms with E-state index in [4.69, 9.17) is 9.16 Å². The van der Waals surface area contributed by atoms with Crippen LogP contribution in [0, 0.1) is 0 Å². The minimum Gasteiger partial charge on any atom is -0.462 e. The van der Waals surface area contributed by atoms with Crippen LogP contribution in [0.4, 0.5) is 0 Å². The largest absolute Gasteiger partial charge is 0.462 e. The van der Waals surface area contributed by atoms with Crippen molar-refractivity contribution in [1.82, 2.24) is 0 Å². The summed E-state index contributed by atoms with van der Waals surface area (Å²) >= 11 is 0. The number of ether oxygens (including phenoxy) is 1. The van der Waals surface area contributed by atoms with E-state index in [1.165, 1.54) is 0 Å². The second-order valence-electron chi connectivity index (χ2n) is 7.39. The summed E-state index contributed by atoms with van der Waals surface area (Å²) in [5.74, 6) is -0.175. The first-order valence-electron chi connectivity index (χ1n) is 8.12. The molecule has 0 aromatic carbocycles. The zero-order chi connectivity index (χ0) is 17.4. The molecule has 3 nitrogen and oxygen atoms in total. The van der Waals surface area contributed by atoms with Crippen molar-refractivity contribution in [2.75, 3.05) is 0 Å². The SMILES string of the molecule is C=CCCC(=O)O[C@@H](CC=C)C[C@H](C)O[Si](C)(C)C(C)(C)C. The van der Waals surface area contributed by atoms with E-state index in [-0.39, 0.29) is 23.2 Å². The lowest BCUT2D eigenvalue weighted by Crippen LogP contribution is -2.44. The Morgan fingerprint density at radius 1 is 1.23 bits per heavy atom. The Labute approximate surface area is 137 Å². The van der Waals surface area contributed by atoms with Gasteiger partial charge in [-0.3, -0.25) is 4.79 Å². The summed E-state index contributed by atoms with van der Waals surface area (Å²) in [6.45, 7) is 20.6. The van der Waals surface area contributed by atoms with Crippen molar-refractivity contribution in [1.29, 1.82) is 0 Å². The Morgan fingerprint density at radius 2 is 1.82 bits per heavy atom. The fourth-order valence-electron chi connectivity index (χ4n) is 1.94. The normalized spacial score (nSPS) is 15.0. The molecule has 0 unspecified atom stereocenters. The van der Waals surface area contributed by atoms with Crippen molar-refractivity contribution in [3.05, 3.63) is 25.3 Å². The molecule has 0 saturated heterocycles. The fraction of sp³-hybridized carbons (Fsp3) is 0.722. The molecular formula is C18H34O3Si. The van der Waals surface area contributed by atoms with Gasteiger partial charge in [-0.05, 0) is 31.5 Å². The van der Waals surface area contributed by atoms with E-state index in [1.54, 1.807) is 12.2 Å². The molecule has 0 aromatic heterocycles. The molecule has 0 rings (SSSR count). The molecule has 0 N–H and O–H groups in total. The van der Waals surface area contributed by atoms with Gasteiger partial charge in [0.25, 0.3) is 0 Å². The summed E-state index contributed by atoms with van der Waals surface area (Å²) in [4.78, 5) is 11.8. The molecule has 0 amide bonds. The molecule has 0 saturated carbocycles. The van der Waals surface area contributed by atoms with Gasteiger partial charge in [0.15, 0.2) is 8.32 Å². The molecule has 0 aliphatic carbocycles. The van der Waals surface area contributed by atoms with Crippen LogP contribution in [0.2, 0.25) is 18.1 Å². The number of carbonyl (C=O) groups is 1. The molecule has 0 heterocycles. The van der Waals surface area contributed by atoms with E-state index in [9.17, 15) is 4.79 Å². The summed E-state index contributed by atoms with van der Waals surface area (Å²) in [6.07, 6.45) is 5.83. The van der Waals surface area contributed by atoms with Crippen molar-refractivity contribution in [2.24, 2.45) is 0 Å². The van der Waals surface area contributed by atoms with Crippen LogP contribution in [0.1, 0.15) is 53.4 Å². The fourth-order valence-corrected chi connectivity index (χ4v) is 3.40. The first-order chi connectivity index (χ1) is 10.0. The number of esters is 1. The highest BCUT2D eigenvalue weighted by molar-refractivity contribution is 6.74. The van der Waals surface area contributed by atoms with Gasteiger partial charge in [0, 0.05) is 25.4 Å². The maximum Gasteiger partial charge on any atom is 0.306 e. The number of allylic oxidation sites excluding steroid dienone is 1. The van der Waals surface area contributed by atoms with Crippen molar-refractivity contribution in [2.45, 2.75) is 83.7 Å². The van der Waals surface area contributed by atoms with Crippen LogP contribution < -0.4 is 0 Å². The average Bonchev–Trinajstić information content (AvgIpc) is 2.34. The van der Waals surface area contributed by atoms with Crippen LogP contribution in [0.3, 0.4) is 0 Å². The van der Waals surface area contributed by atoms with Crippen molar-refractivity contribution >= 4 is 14.3 Å². The molecular weight excluding hydrogens is 292 g/mol. The summed E-state index contributed by atoms with van der Waals surface area (Å²) in [7, 11) is -1.80. The van der Waals surface area contributed by atoms with Crippen molar-refractivity contribution < 1.29 is 14.0 Å². The zero-order valence-electron chi connectivity index (χ0n) is 15.3. The molecule has 0 radical (unpaired) electrons. The van der Waals surface area contributed by atoms with Gasteiger partial charge in [-0.1, -0.05) is 32.9 Å². The minimum atomic E-state index is -1.80. The molecule has 128 valence electrons. The van der Waals surface area contributed by atoms with Crippen LogP contribution in [0.5, 0.6) is 0 Å². The summed E-state index contributed by atoms with van der Waals surface area (Å²) in [5.41, 5.74) is 0. The third-order valence-electron chi connectivity index (χ3n) is 4.18. The lowest BCUT2D eigenvalue weighted by atomic mass is 10.1. The highest BCUT2D eigenvalue weighted by Gasteiger charge is 2.38. The molecule has 0 aliphatic heterocycles. The Hall–Kier alpha value is -0.873. The lowest BCUT2D eigenvalue weighted by molar-refractivity contribution is -0.149. The minimum absolute atomic E-state index is 0.0676.